The third-order valence-electron chi connectivity index (χ3n) is 3.86. The van der Waals surface area contributed by atoms with Crippen LogP contribution in [0.1, 0.15) is 37.1 Å². The van der Waals surface area contributed by atoms with Gasteiger partial charge in [0.05, 0.1) is 5.69 Å². The fraction of sp³-hybridized carbons (Fsp3) is 0.643. The van der Waals surface area contributed by atoms with E-state index in [9.17, 15) is 5.26 Å². The molecule has 1 fully saturated rings. The molecule has 0 aromatic carbocycles. The van der Waals surface area contributed by atoms with E-state index in [1.165, 1.54) is 0 Å². The first-order chi connectivity index (χ1) is 9.22. The van der Waals surface area contributed by atoms with E-state index >= 15 is 0 Å². The normalized spacial score (nSPS) is 18.3. The van der Waals surface area contributed by atoms with E-state index in [0.717, 1.165) is 49.4 Å². The first-order valence-electron chi connectivity index (χ1n) is 6.94. The number of nitrogens with one attached hydrogen (secondary N) is 1. The number of aryl methyl sites for hydroxylation is 1. The Morgan fingerprint density at radius 2 is 2.16 bits per heavy atom. The van der Waals surface area contributed by atoms with Gasteiger partial charge in [-0.15, -0.1) is 5.10 Å². The molecule has 1 saturated heterocycles. The van der Waals surface area contributed by atoms with Gasteiger partial charge in [0.1, 0.15) is 11.6 Å². The van der Waals surface area contributed by atoms with Crippen molar-refractivity contribution in [3.8, 4) is 6.07 Å². The molecule has 1 aliphatic heterocycles. The smallest absolute Gasteiger partial charge is 0.169 e. The topological polar surface area (TPSA) is 64.8 Å². The van der Waals surface area contributed by atoms with E-state index in [0.29, 0.717) is 11.6 Å². The Balaban J connectivity index is 2.42. The second-order valence-corrected chi connectivity index (χ2v) is 4.90. The van der Waals surface area contributed by atoms with Crippen molar-refractivity contribution in [2.24, 2.45) is 0 Å². The van der Waals surface area contributed by atoms with Gasteiger partial charge in [-0.25, -0.2) is 0 Å². The molecule has 1 unspecified atom stereocenters. The Labute approximate surface area is 114 Å². The zero-order valence-corrected chi connectivity index (χ0v) is 11.9. The zero-order chi connectivity index (χ0) is 13.8. The molecule has 19 heavy (non-hydrogen) atoms. The van der Waals surface area contributed by atoms with Crippen LogP contribution in [0, 0.1) is 11.3 Å². The lowest BCUT2D eigenvalue weighted by Crippen LogP contribution is -2.35. The van der Waals surface area contributed by atoms with Gasteiger partial charge in [0.25, 0.3) is 0 Å². The van der Waals surface area contributed by atoms with Crippen LogP contribution >= 0.6 is 0 Å². The first-order valence-corrected chi connectivity index (χ1v) is 6.94. The number of nitriles is 1. The van der Waals surface area contributed by atoms with E-state index in [2.05, 4.69) is 40.3 Å². The van der Waals surface area contributed by atoms with Gasteiger partial charge in [-0.2, -0.15) is 10.4 Å². The van der Waals surface area contributed by atoms with Gasteiger partial charge in [-0.1, -0.05) is 13.8 Å². The van der Waals surface area contributed by atoms with Crippen molar-refractivity contribution in [2.45, 2.75) is 39.2 Å². The lowest BCUT2D eigenvalue weighted by Gasteiger charge is -2.26. The summed E-state index contributed by atoms with van der Waals surface area (Å²) in [6.07, 6.45) is 2.73. The summed E-state index contributed by atoms with van der Waals surface area (Å²) < 4.78 is 0. The summed E-state index contributed by atoms with van der Waals surface area (Å²) in [5.41, 5.74) is 2.69. The minimum atomic E-state index is 0.401. The lowest BCUT2D eigenvalue weighted by molar-refractivity contribution is 0.668. The fourth-order valence-corrected chi connectivity index (χ4v) is 2.67. The summed E-state index contributed by atoms with van der Waals surface area (Å²) >= 11 is 0. The minimum absolute atomic E-state index is 0.401. The molecule has 1 aromatic heterocycles. The summed E-state index contributed by atoms with van der Waals surface area (Å²) in [6, 6.07) is 2.73. The summed E-state index contributed by atoms with van der Waals surface area (Å²) in [5, 5.41) is 21.4. The van der Waals surface area contributed by atoms with Crippen molar-refractivity contribution in [2.75, 3.05) is 25.0 Å². The molecular formula is C14H21N5. The highest BCUT2D eigenvalue weighted by molar-refractivity contribution is 5.58. The fourth-order valence-electron chi connectivity index (χ4n) is 2.67. The molecule has 0 radical (unpaired) electrons. The minimum Gasteiger partial charge on any atom is -0.353 e. The maximum atomic E-state index is 9.48. The third-order valence-corrected chi connectivity index (χ3v) is 3.86. The van der Waals surface area contributed by atoms with Crippen molar-refractivity contribution in [1.29, 1.82) is 5.26 Å². The van der Waals surface area contributed by atoms with Crippen LogP contribution in [0.25, 0.3) is 0 Å². The Morgan fingerprint density at radius 3 is 2.68 bits per heavy atom. The van der Waals surface area contributed by atoms with Crippen molar-refractivity contribution >= 4 is 5.82 Å². The number of hydrogen-bond acceptors (Lipinski definition) is 5. The van der Waals surface area contributed by atoms with Crippen LogP contribution in [0.4, 0.5) is 5.82 Å². The molecule has 0 bridgehead atoms. The lowest BCUT2D eigenvalue weighted by atomic mass is 10.0. The highest BCUT2D eigenvalue weighted by atomic mass is 15.3. The van der Waals surface area contributed by atoms with E-state index in [1.54, 1.807) is 0 Å². The summed E-state index contributed by atoms with van der Waals surface area (Å²) in [6.45, 7) is 6.09. The number of hydrogen-bond donors (Lipinski definition) is 1. The molecule has 0 aliphatic carbocycles. The molecule has 1 atom stereocenters. The third kappa shape index (κ3) is 2.54. The predicted octanol–water partition coefficient (Wildman–Crippen LogP) is 1.27. The number of rotatable bonds is 4. The van der Waals surface area contributed by atoms with Crippen LogP contribution in [0.3, 0.4) is 0 Å². The molecule has 2 heterocycles. The number of nitrogens with zero attached hydrogens (tertiary/aromatic N) is 4. The SMILES string of the molecule is CCc1nnc(N(C)C2CCNC2)c(C#N)c1CC. The van der Waals surface area contributed by atoms with Gasteiger partial charge < -0.3 is 10.2 Å². The quantitative estimate of drug-likeness (QED) is 0.882. The Bertz CT molecular complexity index is 485. The molecule has 1 aliphatic rings. The Kier molecular flexibility index (Phi) is 4.33. The average Bonchev–Trinajstić information content (AvgIpc) is 2.98. The molecule has 1 N–H and O–H groups in total. The maximum Gasteiger partial charge on any atom is 0.169 e. The molecule has 0 amide bonds. The van der Waals surface area contributed by atoms with Gasteiger partial charge in [0.15, 0.2) is 5.82 Å². The molecule has 0 spiro atoms. The zero-order valence-electron chi connectivity index (χ0n) is 11.9. The summed E-state index contributed by atoms with van der Waals surface area (Å²) in [4.78, 5) is 2.10. The average molecular weight is 259 g/mol. The van der Waals surface area contributed by atoms with Crippen LogP contribution in [0.15, 0.2) is 0 Å². The highest BCUT2D eigenvalue weighted by Gasteiger charge is 2.24. The Hall–Kier alpha value is -1.67. The van der Waals surface area contributed by atoms with Gasteiger partial charge in [0, 0.05) is 19.6 Å². The largest absolute Gasteiger partial charge is 0.353 e. The van der Waals surface area contributed by atoms with Crippen molar-refractivity contribution < 1.29 is 0 Å². The Morgan fingerprint density at radius 1 is 1.37 bits per heavy atom. The number of anilines is 1. The van der Waals surface area contributed by atoms with Crippen LogP contribution in [-0.2, 0) is 12.8 Å². The molecule has 102 valence electrons. The van der Waals surface area contributed by atoms with E-state index in [1.807, 2.05) is 7.05 Å². The monoisotopic (exact) mass is 259 g/mol. The molecule has 0 saturated carbocycles. The van der Waals surface area contributed by atoms with E-state index in [4.69, 9.17) is 0 Å². The molecule has 5 heteroatoms. The van der Waals surface area contributed by atoms with Gasteiger partial charge in [-0.3, -0.25) is 0 Å². The maximum absolute atomic E-state index is 9.48. The van der Waals surface area contributed by atoms with Crippen LogP contribution in [0.5, 0.6) is 0 Å². The van der Waals surface area contributed by atoms with Crippen molar-refractivity contribution in [3.63, 3.8) is 0 Å². The van der Waals surface area contributed by atoms with Gasteiger partial charge >= 0.3 is 0 Å². The molecule has 2 rings (SSSR count). The van der Waals surface area contributed by atoms with Crippen LogP contribution in [0.2, 0.25) is 0 Å². The number of aromatic nitrogens is 2. The molecular weight excluding hydrogens is 238 g/mol. The standard InChI is InChI=1S/C14H21N5/c1-4-11-12(8-15)14(18-17-13(11)5-2)19(3)10-6-7-16-9-10/h10,16H,4-7,9H2,1-3H3. The highest BCUT2D eigenvalue weighted by Crippen LogP contribution is 2.24. The van der Waals surface area contributed by atoms with Crippen LogP contribution in [-0.4, -0.2) is 36.4 Å². The number of likely N-dealkylation sites (N-methyl/N-ethyl adjacent to an activating group) is 1. The molecule has 5 nitrogen and oxygen atoms in total. The second-order valence-electron chi connectivity index (χ2n) is 4.90. The summed E-state index contributed by atoms with van der Waals surface area (Å²) in [5.74, 6) is 0.727. The van der Waals surface area contributed by atoms with Gasteiger partial charge in [0.2, 0.25) is 0 Å². The first kappa shape index (κ1) is 13.8. The van der Waals surface area contributed by atoms with E-state index < -0.39 is 0 Å². The van der Waals surface area contributed by atoms with Gasteiger partial charge in [-0.05, 0) is 31.4 Å². The summed E-state index contributed by atoms with van der Waals surface area (Å²) in [7, 11) is 2.01. The predicted molar refractivity (Wildman–Crippen MR) is 75.2 cm³/mol. The van der Waals surface area contributed by atoms with E-state index in [-0.39, 0.29) is 0 Å². The molecule has 1 aromatic rings. The van der Waals surface area contributed by atoms with Crippen molar-refractivity contribution in [3.05, 3.63) is 16.8 Å². The van der Waals surface area contributed by atoms with Crippen LogP contribution < -0.4 is 10.2 Å². The second kappa shape index (κ2) is 5.98. The van der Waals surface area contributed by atoms with Crippen molar-refractivity contribution in [1.82, 2.24) is 15.5 Å².